The quantitative estimate of drug-likeness (QED) is 0.561. The molecule has 1 aliphatic rings. The van der Waals surface area contributed by atoms with Gasteiger partial charge in [-0.15, -0.1) is 0 Å². The minimum Gasteiger partial charge on any atom is -0.296 e. The lowest BCUT2D eigenvalue weighted by Gasteiger charge is -2.21. The molecule has 1 aromatic rings. The summed E-state index contributed by atoms with van der Waals surface area (Å²) in [5.74, 6) is 0. The van der Waals surface area contributed by atoms with E-state index in [9.17, 15) is 10.1 Å². The summed E-state index contributed by atoms with van der Waals surface area (Å²) in [6, 6.07) is 5.78. The van der Waals surface area contributed by atoms with Crippen LogP contribution in [-0.2, 0) is 6.54 Å². The fraction of sp³-hybridized carbons (Fsp3) is 0.571. The van der Waals surface area contributed by atoms with Crippen LogP contribution in [0.4, 0.5) is 5.69 Å². The second-order valence-electron chi connectivity index (χ2n) is 5.10. The van der Waals surface area contributed by atoms with Gasteiger partial charge in [0.2, 0.25) is 0 Å². The van der Waals surface area contributed by atoms with Crippen molar-refractivity contribution in [1.29, 1.82) is 0 Å². The average Bonchev–Trinajstić information content (AvgIpc) is 3.20. The molecule has 4 nitrogen and oxygen atoms in total. The van der Waals surface area contributed by atoms with Gasteiger partial charge in [-0.25, -0.2) is 0 Å². The molecule has 0 amide bonds. The lowest BCUT2D eigenvalue weighted by molar-refractivity contribution is -0.384. The van der Waals surface area contributed by atoms with Crippen molar-refractivity contribution in [3.05, 3.63) is 38.9 Å². The fourth-order valence-electron chi connectivity index (χ4n) is 2.22. The Kier molecular flexibility index (Phi) is 4.77. The standard InChI is InChI=1S/C14H19ClN2O2/c1-2-3-8-16(12-5-6-12)10-11-4-7-13(15)14(9-11)17(18)19/h4,7,9,12H,2-3,5-6,8,10H2,1H3. The smallest absolute Gasteiger partial charge is 0.288 e. The Morgan fingerprint density at radius 1 is 1.47 bits per heavy atom. The summed E-state index contributed by atoms with van der Waals surface area (Å²) in [6.45, 7) is 4.03. The van der Waals surface area contributed by atoms with Crippen molar-refractivity contribution in [2.45, 2.75) is 45.2 Å². The normalized spacial score (nSPS) is 14.9. The van der Waals surface area contributed by atoms with Crippen LogP contribution in [0.3, 0.4) is 0 Å². The first-order valence-electron chi connectivity index (χ1n) is 6.78. The van der Waals surface area contributed by atoms with E-state index in [4.69, 9.17) is 11.6 Å². The highest BCUT2D eigenvalue weighted by Gasteiger charge is 2.28. The van der Waals surface area contributed by atoms with E-state index in [2.05, 4.69) is 11.8 Å². The largest absolute Gasteiger partial charge is 0.296 e. The molecule has 0 radical (unpaired) electrons. The Morgan fingerprint density at radius 2 is 2.21 bits per heavy atom. The Bertz CT molecular complexity index is 461. The van der Waals surface area contributed by atoms with Crippen molar-refractivity contribution in [3.8, 4) is 0 Å². The third kappa shape index (κ3) is 3.91. The third-order valence-electron chi connectivity index (χ3n) is 3.46. The van der Waals surface area contributed by atoms with Gasteiger partial charge in [-0.3, -0.25) is 15.0 Å². The molecule has 0 N–H and O–H groups in total. The minimum absolute atomic E-state index is 0.00500. The van der Waals surface area contributed by atoms with Crippen LogP contribution in [0.5, 0.6) is 0 Å². The monoisotopic (exact) mass is 282 g/mol. The highest BCUT2D eigenvalue weighted by atomic mass is 35.5. The molecule has 1 aliphatic carbocycles. The molecule has 19 heavy (non-hydrogen) atoms. The lowest BCUT2D eigenvalue weighted by atomic mass is 10.1. The zero-order chi connectivity index (χ0) is 13.8. The number of nitro benzene ring substituents is 1. The highest BCUT2D eigenvalue weighted by Crippen LogP contribution is 2.30. The number of unbranched alkanes of at least 4 members (excludes halogenated alkanes) is 1. The summed E-state index contributed by atoms with van der Waals surface area (Å²) in [5.41, 5.74) is 0.976. The van der Waals surface area contributed by atoms with Crippen LogP contribution in [0, 0.1) is 10.1 Å². The predicted octanol–water partition coefficient (Wildman–Crippen LogP) is 4.01. The lowest BCUT2D eigenvalue weighted by Crippen LogP contribution is -2.26. The minimum atomic E-state index is -0.417. The van der Waals surface area contributed by atoms with E-state index in [1.54, 1.807) is 12.1 Å². The van der Waals surface area contributed by atoms with Gasteiger partial charge in [-0.2, -0.15) is 0 Å². The van der Waals surface area contributed by atoms with Gasteiger partial charge >= 0.3 is 0 Å². The van der Waals surface area contributed by atoms with Crippen molar-refractivity contribution >= 4 is 17.3 Å². The van der Waals surface area contributed by atoms with Gasteiger partial charge < -0.3 is 0 Å². The van der Waals surface area contributed by atoms with E-state index in [-0.39, 0.29) is 10.7 Å². The summed E-state index contributed by atoms with van der Waals surface area (Å²) in [6.07, 6.45) is 4.84. The van der Waals surface area contributed by atoms with Crippen LogP contribution >= 0.6 is 11.6 Å². The third-order valence-corrected chi connectivity index (χ3v) is 3.77. The Morgan fingerprint density at radius 3 is 2.79 bits per heavy atom. The molecule has 0 saturated heterocycles. The van der Waals surface area contributed by atoms with Gasteiger partial charge in [0.15, 0.2) is 0 Å². The van der Waals surface area contributed by atoms with Crippen LogP contribution in [0.2, 0.25) is 5.02 Å². The summed E-state index contributed by atoms with van der Waals surface area (Å²) < 4.78 is 0. The van der Waals surface area contributed by atoms with Crippen LogP contribution in [-0.4, -0.2) is 22.4 Å². The van der Waals surface area contributed by atoms with E-state index in [1.807, 2.05) is 6.07 Å². The second kappa shape index (κ2) is 6.35. The highest BCUT2D eigenvalue weighted by molar-refractivity contribution is 6.32. The van der Waals surface area contributed by atoms with E-state index in [1.165, 1.54) is 25.7 Å². The van der Waals surface area contributed by atoms with Gasteiger partial charge in [-0.05, 0) is 37.4 Å². The van der Waals surface area contributed by atoms with E-state index in [0.29, 0.717) is 6.04 Å². The van der Waals surface area contributed by atoms with Crippen LogP contribution < -0.4 is 0 Å². The Hall–Kier alpha value is -1.13. The zero-order valence-corrected chi connectivity index (χ0v) is 11.9. The van der Waals surface area contributed by atoms with Gasteiger partial charge in [0.25, 0.3) is 5.69 Å². The van der Waals surface area contributed by atoms with Crippen molar-refractivity contribution in [3.63, 3.8) is 0 Å². The molecule has 1 fully saturated rings. The average molecular weight is 283 g/mol. The maximum atomic E-state index is 10.9. The zero-order valence-electron chi connectivity index (χ0n) is 11.1. The number of benzene rings is 1. The Labute approximate surface area is 118 Å². The number of nitro groups is 1. The molecular weight excluding hydrogens is 264 g/mol. The molecule has 104 valence electrons. The van der Waals surface area contributed by atoms with Gasteiger partial charge in [0.1, 0.15) is 5.02 Å². The van der Waals surface area contributed by atoms with Gasteiger partial charge in [0, 0.05) is 18.7 Å². The van der Waals surface area contributed by atoms with Gasteiger partial charge in [-0.1, -0.05) is 31.0 Å². The molecule has 0 unspecified atom stereocenters. The predicted molar refractivity (Wildman–Crippen MR) is 76.4 cm³/mol. The van der Waals surface area contributed by atoms with Crippen molar-refractivity contribution < 1.29 is 4.92 Å². The SMILES string of the molecule is CCCCN(Cc1ccc(Cl)c([N+](=O)[O-])c1)C1CC1. The molecule has 2 rings (SSSR count). The summed E-state index contributed by atoms with van der Waals surface area (Å²) >= 11 is 5.83. The molecule has 0 atom stereocenters. The summed E-state index contributed by atoms with van der Waals surface area (Å²) in [5, 5.41) is 11.1. The summed E-state index contributed by atoms with van der Waals surface area (Å²) in [7, 11) is 0. The number of nitrogens with zero attached hydrogens (tertiary/aromatic N) is 2. The molecule has 0 aliphatic heterocycles. The van der Waals surface area contributed by atoms with E-state index >= 15 is 0 Å². The maximum absolute atomic E-state index is 10.9. The first-order chi connectivity index (χ1) is 9.11. The first kappa shape index (κ1) is 14.3. The number of hydrogen-bond acceptors (Lipinski definition) is 3. The fourth-order valence-corrected chi connectivity index (χ4v) is 2.41. The van der Waals surface area contributed by atoms with Crippen LogP contribution in [0.1, 0.15) is 38.2 Å². The molecule has 1 saturated carbocycles. The Balaban J connectivity index is 2.08. The van der Waals surface area contributed by atoms with Crippen molar-refractivity contribution in [1.82, 2.24) is 4.90 Å². The van der Waals surface area contributed by atoms with E-state index < -0.39 is 4.92 Å². The number of halogens is 1. The van der Waals surface area contributed by atoms with Crippen molar-refractivity contribution in [2.75, 3.05) is 6.54 Å². The molecular formula is C14H19ClN2O2. The molecule has 0 bridgehead atoms. The van der Waals surface area contributed by atoms with Gasteiger partial charge in [0.05, 0.1) is 4.92 Å². The topological polar surface area (TPSA) is 46.4 Å². The summed E-state index contributed by atoms with van der Waals surface area (Å²) in [4.78, 5) is 12.9. The maximum Gasteiger partial charge on any atom is 0.288 e. The molecule has 0 heterocycles. The number of rotatable bonds is 7. The number of hydrogen-bond donors (Lipinski definition) is 0. The van der Waals surface area contributed by atoms with Crippen LogP contribution in [0.15, 0.2) is 18.2 Å². The molecule has 0 aromatic heterocycles. The van der Waals surface area contributed by atoms with Crippen molar-refractivity contribution in [2.24, 2.45) is 0 Å². The van der Waals surface area contributed by atoms with E-state index in [0.717, 1.165) is 18.7 Å². The molecule has 0 spiro atoms. The first-order valence-corrected chi connectivity index (χ1v) is 7.16. The second-order valence-corrected chi connectivity index (χ2v) is 5.51. The molecule has 5 heteroatoms. The van der Waals surface area contributed by atoms with Crippen LogP contribution in [0.25, 0.3) is 0 Å². The molecule has 1 aromatic carbocycles.